The van der Waals surface area contributed by atoms with Crippen LogP contribution < -0.4 is 5.32 Å². The molecule has 1 aliphatic heterocycles. The van der Waals surface area contributed by atoms with Crippen LogP contribution in [0.3, 0.4) is 0 Å². The van der Waals surface area contributed by atoms with Gasteiger partial charge < -0.3 is 10.3 Å². The van der Waals surface area contributed by atoms with Crippen LogP contribution in [0.2, 0.25) is 0 Å². The van der Waals surface area contributed by atoms with E-state index in [-0.39, 0.29) is 5.91 Å². The normalized spacial score (nSPS) is 20.9. The smallest absolute Gasteiger partial charge is 0.256 e. The Kier molecular flexibility index (Phi) is 4.03. The molecule has 0 spiro atoms. The van der Waals surface area contributed by atoms with E-state index in [1.165, 1.54) is 39.7 Å². The molecule has 1 unspecified atom stereocenters. The first kappa shape index (κ1) is 15.9. The maximum absolute atomic E-state index is 12.5. The molecule has 3 nitrogen and oxygen atoms in total. The van der Waals surface area contributed by atoms with Crippen molar-refractivity contribution < 1.29 is 4.79 Å². The highest BCUT2D eigenvalue weighted by atomic mass is 127. The zero-order chi connectivity index (χ0) is 16.8. The molecule has 1 aromatic heterocycles. The summed E-state index contributed by atoms with van der Waals surface area (Å²) in [5.74, 6) is 0.652. The summed E-state index contributed by atoms with van der Waals surface area (Å²) in [6.45, 7) is 4.35. The highest BCUT2D eigenvalue weighted by Gasteiger charge is 2.27. The zero-order valence-electron chi connectivity index (χ0n) is 14.0. The summed E-state index contributed by atoms with van der Waals surface area (Å²) in [6, 6.07) is 6.30. The average Bonchev–Trinajstić information content (AvgIpc) is 3.12. The maximum Gasteiger partial charge on any atom is 0.256 e. The van der Waals surface area contributed by atoms with Gasteiger partial charge in [-0.15, -0.1) is 0 Å². The van der Waals surface area contributed by atoms with Crippen molar-refractivity contribution in [1.29, 1.82) is 0 Å². The SMILES string of the molecule is CCC1CCCc2[nH]c(C=C3C(=O)Nc4ccc(I)c(C)c43)cc21. The van der Waals surface area contributed by atoms with Crippen LogP contribution in [-0.2, 0) is 11.2 Å². The van der Waals surface area contributed by atoms with Crippen molar-refractivity contribution >= 4 is 45.8 Å². The van der Waals surface area contributed by atoms with Crippen LogP contribution in [0.4, 0.5) is 5.69 Å². The van der Waals surface area contributed by atoms with Crippen LogP contribution in [0.15, 0.2) is 18.2 Å². The van der Waals surface area contributed by atoms with Gasteiger partial charge >= 0.3 is 0 Å². The molecule has 4 heteroatoms. The van der Waals surface area contributed by atoms with Crippen LogP contribution in [0, 0.1) is 10.5 Å². The summed E-state index contributed by atoms with van der Waals surface area (Å²) in [7, 11) is 0. The second-order valence-electron chi connectivity index (χ2n) is 6.76. The summed E-state index contributed by atoms with van der Waals surface area (Å²) >= 11 is 2.33. The number of aryl methyl sites for hydroxylation is 1. The van der Waals surface area contributed by atoms with Gasteiger partial charge in [-0.1, -0.05) is 6.92 Å². The van der Waals surface area contributed by atoms with E-state index in [1.54, 1.807) is 0 Å². The molecule has 0 saturated carbocycles. The van der Waals surface area contributed by atoms with Gasteiger partial charge in [-0.25, -0.2) is 0 Å². The second-order valence-corrected chi connectivity index (χ2v) is 7.93. The Labute approximate surface area is 156 Å². The number of benzene rings is 1. The third-order valence-corrected chi connectivity index (χ3v) is 6.50. The topological polar surface area (TPSA) is 44.9 Å². The molecule has 2 aromatic rings. The minimum absolute atomic E-state index is 0.00489. The Morgan fingerprint density at radius 3 is 3.00 bits per heavy atom. The molecule has 0 bridgehead atoms. The first-order chi connectivity index (χ1) is 11.6. The first-order valence-electron chi connectivity index (χ1n) is 8.62. The van der Waals surface area contributed by atoms with Crippen molar-refractivity contribution in [2.45, 2.75) is 45.4 Å². The fourth-order valence-corrected chi connectivity index (χ4v) is 4.47. The molecule has 1 aliphatic carbocycles. The number of nitrogens with one attached hydrogen (secondary N) is 2. The standard InChI is InChI=1S/C20H21IN2O/c1-3-12-5-4-6-17-14(12)9-13(22-17)10-15-19-11(2)16(21)7-8-18(19)23-20(15)24/h7-10,12,22H,3-6H2,1-2H3,(H,23,24). The molecule has 2 aliphatic rings. The molecule has 2 N–H and O–H groups in total. The summed E-state index contributed by atoms with van der Waals surface area (Å²) in [6.07, 6.45) is 6.85. The lowest BCUT2D eigenvalue weighted by Gasteiger charge is -2.20. The van der Waals surface area contributed by atoms with Crippen LogP contribution in [0.1, 0.15) is 60.2 Å². The van der Waals surface area contributed by atoms with Crippen LogP contribution in [0.25, 0.3) is 11.6 Å². The van der Waals surface area contributed by atoms with Crippen molar-refractivity contribution in [3.8, 4) is 0 Å². The number of H-pyrrole nitrogens is 1. The van der Waals surface area contributed by atoms with Crippen molar-refractivity contribution in [3.63, 3.8) is 0 Å². The van der Waals surface area contributed by atoms with Gasteiger partial charge in [0.15, 0.2) is 0 Å². The maximum atomic E-state index is 12.5. The zero-order valence-corrected chi connectivity index (χ0v) is 16.2. The minimum atomic E-state index is -0.00489. The fourth-order valence-electron chi connectivity index (χ4n) is 4.02. The summed E-state index contributed by atoms with van der Waals surface area (Å²) in [5, 5.41) is 2.99. The molecule has 0 radical (unpaired) electrons. The van der Waals surface area contributed by atoms with Crippen molar-refractivity contribution in [3.05, 3.63) is 49.8 Å². The number of amides is 1. The highest BCUT2D eigenvalue weighted by molar-refractivity contribution is 14.1. The molecule has 24 heavy (non-hydrogen) atoms. The molecule has 124 valence electrons. The second kappa shape index (κ2) is 6.06. The molecule has 1 atom stereocenters. The molecular formula is C20H21IN2O. The molecule has 1 aromatic carbocycles. The largest absolute Gasteiger partial charge is 0.359 e. The number of aromatic nitrogens is 1. The lowest BCUT2D eigenvalue weighted by Crippen LogP contribution is -2.07. The predicted octanol–water partition coefficient (Wildman–Crippen LogP) is 5.25. The number of rotatable bonds is 2. The van der Waals surface area contributed by atoms with Gasteiger partial charge in [-0.3, -0.25) is 4.79 Å². The molecule has 1 amide bonds. The number of carbonyl (C=O) groups is 1. The Balaban J connectivity index is 1.80. The predicted molar refractivity (Wildman–Crippen MR) is 107 cm³/mol. The van der Waals surface area contributed by atoms with E-state index in [0.29, 0.717) is 5.92 Å². The molecule has 2 heterocycles. The third-order valence-electron chi connectivity index (χ3n) is 5.33. The molecule has 0 saturated heterocycles. The molecular weight excluding hydrogens is 411 g/mol. The van der Waals surface area contributed by atoms with Gasteiger partial charge in [-0.2, -0.15) is 0 Å². The van der Waals surface area contributed by atoms with Gasteiger partial charge in [0.2, 0.25) is 0 Å². The quantitative estimate of drug-likeness (QED) is 0.494. The number of hydrogen-bond donors (Lipinski definition) is 2. The lowest BCUT2D eigenvalue weighted by atomic mass is 9.85. The van der Waals surface area contributed by atoms with Crippen molar-refractivity contribution in [1.82, 2.24) is 4.98 Å². The summed E-state index contributed by atoms with van der Waals surface area (Å²) in [4.78, 5) is 16.0. The molecule has 4 rings (SSSR count). The number of anilines is 1. The van der Waals surface area contributed by atoms with Crippen LogP contribution in [-0.4, -0.2) is 10.9 Å². The Bertz CT molecular complexity index is 863. The Morgan fingerprint density at radius 1 is 1.38 bits per heavy atom. The van der Waals surface area contributed by atoms with Crippen molar-refractivity contribution in [2.24, 2.45) is 0 Å². The molecule has 0 fully saturated rings. The number of halogens is 1. The Morgan fingerprint density at radius 2 is 2.21 bits per heavy atom. The van der Waals surface area contributed by atoms with Gasteiger partial charge in [0.05, 0.1) is 5.57 Å². The minimum Gasteiger partial charge on any atom is -0.359 e. The summed E-state index contributed by atoms with van der Waals surface area (Å²) in [5.41, 5.74) is 7.77. The van der Waals surface area contributed by atoms with Crippen LogP contribution >= 0.6 is 22.6 Å². The van der Waals surface area contributed by atoms with Crippen LogP contribution in [0.5, 0.6) is 0 Å². The van der Waals surface area contributed by atoms with E-state index in [2.05, 4.69) is 58.9 Å². The third kappa shape index (κ3) is 2.51. The average molecular weight is 432 g/mol. The van der Waals surface area contributed by atoms with Gasteiger partial charge in [0.1, 0.15) is 0 Å². The first-order valence-corrected chi connectivity index (χ1v) is 9.70. The Hall–Kier alpha value is -1.56. The summed E-state index contributed by atoms with van der Waals surface area (Å²) < 4.78 is 1.19. The van der Waals surface area contributed by atoms with Gasteiger partial charge in [-0.05, 0) is 96.5 Å². The van der Waals surface area contributed by atoms with E-state index in [1.807, 2.05) is 12.1 Å². The van der Waals surface area contributed by atoms with Gasteiger partial charge in [0, 0.05) is 26.2 Å². The van der Waals surface area contributed by atoms with Crippen molar-refractivity contribution in [2.75, 3.05) is 5.32 Å². The van der Waals surface area contributed by atoms with E-state index < -0.39 is 0 Å². The fraction of sp³-hybridized carbons (Fsp3) is 0.350. The monoisotopic (exact) mass is 432 g/mol. The van der Waals surface area contributed by atoms with Gasteiger partial charge in [0.25, 0.3) is 5.91 Å². The number of carbonyl (C=O) groups excluding carboxylic acids is 1. The highest BCUT2D eigenvalue weighted by Crippen LogP contribution is 2.39. The number of aromatic amines is 1. The van der Waals surface area contributed by atoms with E-state index >= 15 is 0 Å². The number of fused-ring (bicyclic) bond motifs is 2. The lowest BCUT2D eigenvalue weighted by molar-refractivity contribution is -0.110. The van der Waals surface area contributed by atoms with E-state index in [9.17, 15) is 4.79 Å². The number of hydrogen-bond acceptors (Lipinski definition) is 1. The van der Waals surface area contributed by atoms with E-state index in [0.717, 1.165) is 28.9 Å². The van der Waals surface area contributed by atoms with E-state index in [4.69, 9.17) is 0 Å².